The lowest BCUT2D eigenvalue weighted by atomic mass is 10.2. The second-order valence-electron chi connectivity index (χ2n) is 4.08. The molecule has 2 fully saturated rings. The number of nitrogens with one attached hydrogen (secondary N) is 1. The third kappa shape index (κ3) is 1.39. The molecular weight excluding hydrogens is 166 g/mol. The van der Waals surface area contributed by atoms with Crippen LogP contribution in [0.2, 0.25) is 0 Å². The van der Waals surface area contributed by atoms with Crippen molar-refractivity contribution in [1.82, 2.24) is 15.1 Å². The Morgan fingerprint density at radius 2 is 2.31 bits per heavy atom. The molecule has 0 aromatic carbocycles. The van der Waals surface area contributed by atoms with E-state index < -0.39 is 0 Å². The van der Waals surface area contributed by atoms with Crippen LogP contribution in [0.15, 0.2) is 0 Å². The largest absolute Gasteiger partial charge is 0.320 e. The number of hydrogen-bond donors (Lipinski definition) is 1. The second kappa shape index (κ2) is 3.18. The third-order valence-electron chi connectivity index (χ3n) is 2.87. The van der Waals surface area contributed by atoms with Crippen LogP contribution in [0, 0.1) is 0 Å². The van der Waals surface area contributed by atoms with Crippen LogP contribution in [0.25, 0.3) is 0 Å². The average molecular weight is 183 g/mol. The van der Waals surface area contributed by atoms with E-state index in [1.165, 1.54) is 0 Å². The van der Waals surface area contributed by atoms with Crippen molar-refractivity contribution in [2.24, 2.45) is 0 Å². The fraction of sp³-hybridized carbons (Fsp3) is 0.889. The molecule has 2 aliphatic heterocycles. The predicted octanol–water partition coefficient (Wildman–Crippen LogP) is 0.104. The molecule has 2 saturated heterocycles. The van der Waals surface area contributed by atoms with Gasteiger partial charge in [0.25, 0.3) is 0 Å². The van der Waals surface area contributed by atoms with E-state index in [1.807, 2.05) is 9.80 Å². The quantitative estimate of drug-likeness (QED) is 0.626. The van der Waals surface area contributed by atoms with Crippen molar-refractivity contribution in [3.05, 3.63) is 0 Å². The number of amides is 2. The molecule has 0 aliphatic carbocycles. The molecule has 0 unspecified atom stereocenters. The zero-order valence-electron chi connectivity index (χ0n) is 8.29. The van der Waals surface area contributed by atoms with Crippen molar-refractivity contribution in [3.8, 4) is 0 Å². The van der Waals surface area contributed by atoms with Gasteiger partial charge in [0, 0.05) is 32.2 Å². The SMILES string of the molecule is CC(C)N1C[C@@H]2CNCCN2C1=O. The van der Waals surface area contributed by atoms with Crippen LogP contribution in [0.5, 0.6) is 0 Å². The molecule has 2 heterocycles. The molecule has 2 aliphatic rings. The number of fused-ring (bicyclic) bond motifs is 1. The summed E-state index contributed by atoms with van der Waals surface area (Å²) in [4.78, 5) is 15.8. The molecule has 1 atom stereocenters. The molecule has 0 spiro atoms. The Bertz CT molecular complexity index is 213. The molecule has 0 saturated carbocycles. The fourth-order valence-electron chi connectivity index (χ4n) is 2.08. The first-order valence-corrected chi connectivity index (χ1v) is 4.98. The predicted molar refractivity (Wildman–Crippen MR) is 50.6 cm³/mol. The highest BCUT2D eigenvalue weighted by atomic mass is 16.2. The summed E-state index contributed by atoms with van der Waals surface area (Å²) in [6.45, 7) is 7.80. The first-order chi connectivity index (χ1) is 6.20. The molecule has 4 nitrogen and oxygen atoms in total. The molecule has 13 heavy (non-hydrogen) atoms. The Balaban J connectivity index is 2.09. The number of carbonyl (C=O) groups excluding carboxylic acids is 1. The minimum atomic E-state index is 0.224. The smallest absolute Gasteiger partial charge is 0.320 e. The average Bonchev–Trinajstić information content (AvgIpc) is 2.45. The standard InChI is InChI=1S/C9H17N3O/c1-7(2)12-6-8-5-10-3-4-11(8)9(12)13/h7-8,10H,3-6H2,1-2H3/t8-/m0/s1. The minimum absolute atomic E-state index is 0.224. The molecule has 0 aromatic heterocycles. The number of carbonyl (C=O) groups is 1. The van der Waals surface area contributed by atoms with Crippen LogP contribution < -0.4 is 5.32 Å². The molecule has 1 N–H and O–H groups in total. The summed E-state index contributed by atoms with van der Waals surface area (Å²) in [5.41, 5.74) is 0. The topological polar surface area (TPSA) is 35.6 Å². The number of rotatable bonds is 1. The van der Waals surface area contributed by atoms with Gasteiger partial charge in [0.1, 0.15) is 0 Å². The van der Waals surface area contributed by atoms with Crippen LogP contribution in [-0.4, -0.2) is 54.1 Å². The van der Waals surface area contributed by atoms with Gasteiger partial charge in [-0.3, -0.25) is 0 Å². The summed E-state index contributed by atoms with van der Waals surface area (Å²) in [5, 5.41) is 3.32. The maximum atomic E-state index is 11.8. The first kappa shape index (κ1) is 8.81. The highest BCUT2D eigenvalue weighted by Gasteiger charge is 2.39. The Morgan fingerprint density at radius 3 is 2.92 bits per heavy atom. The second-order valence-corrected chi connectivity index (χ2v) is 4.08. The maximum Gasteiger partial charge on any atom is 0.320 e. The van der Waals surface area contributed by atoms with Crippen molar-refractivity contribution in [1.29, 1.82) is 0 Å². The lowest BCUT2D eigenvalue weighted by molar-refractivity contribution is 0.174. The van der Waals surface area contributed by atoms with E-state index in [0.717, 1.165) is 26.2 Å². The molecule has 74 valence electrons. The minimum Gasteiger partial charge on any atom is -0.320 e. The highest BCUT2D eigenvalue weighted by Crippen LogP contribution is 2.19. The Hall–Kier alpha value is -0.770. The van der Waals surface area contributed by atoms with Crippen molar-refractivity contribution < 1.29 is 4.79 Å². The van der Waals surface area contributed by atoms with E-state index in [9.17, 15) is 4.79 Å². The van der Waals surface area contributed by atoms with Gasteiger partial charge in [-0.1, -0.05) is 0 Å². The van der Waals surface area contributed by atoms with Crippen molar-refractivity contribution in [2.75, 3.05) is 26.2 Å². The maximum absolute atomic E-state index is 11.8. The Kier molecular flexibility index (Phi) is 2.15. The molecule has 0 radical (unpaired) electrons. The molecule has 2 rings (SSSR count). The zero-order valence-corrected chi connectivity index (χ0v) is 8.29. The summed E-state index contributed by atoms with van der Waals surface area (Å²) in [5.74, 6) is 0. The monoisotopic (exact) mass is 183 g/mol. The third-order valence-corrected chi connectivity index (χ3v) is 2.87. The molecule has 0 aromatic rings. The Morgan fingerprint density at radius 1 is 1.54 bits per heavy atom. The fourth-order valence-corrected chi connectivity index (χ4v) is 2.08. The lowest BCUT2D eigenvalue weighted by Crippen LogP contribution is -2.49. The van der Waals surface area contributed by atoms with E-state index in [0.29, 0.717) is 12.1 Å². The van der Waals surface area contributed by atoms with Gasteiger partial charge in [0.05, 0.1) is 6.04 Å². The summed E-state index contributed by atoms with van der Waals surface area (Å²) in [6, 6.07) is 0.961. The van der Waals surface area contributed by atoms with E-state index in [4.69, 9.17) is 0 Å². The molecule has 4 heteroatoms. The van der Waals surface area contributed by atoms with Gasteiger partial charge in [0.2, 0.25) is 0 Å². The van der Waals surface area contributed by atoms with E-state index in [1.54, 1.807) is 0 Å². The van der Waals surface area contributed by atoms with Crippen LogP contribution in [0.1, 0.15) is 13.8 Å². The van der Waals surface area contributed by atoms with Crippen molar-refractivity contribution in [2.45, 2.75) is 25.9 Å². The lowest BCUT2D eigenvalue weighted by Gasteiger charge is -2.28. The highest BCUT2D eigenvalue weighted by molar-refractivity contribution is 5.77. The van der Waals surface area contributed by atoms with Gasteiger partial charge in [-0.2, -0.15) is 0 Å². The van der Waals surface area contributed by atoms with E-state index in [-0.39, 0.29) is 6.03 Å². The van der Waals surface area contributed by atoms with Gasteiger partial charge >= 0.3 is 6.03 Å². The van der Waals surface area contributed by atoms with Gasteiger partial charge in [-0.05, 0) is 13.8 Å². The number of hydrogen-bond acceptors (Lipinski definition) is 2. The van der Waals surface area contributed by atoms with Gasteiger partial charge in [0.15, 0.2) is 0 Å². The van der Waals surface area contributed by atoms with E-state index in [2.05, 4.69) is 19.2 Å². The van der Waals surface area contributed by atoms with Crippen LogP contribution in [-0.2, 0) is 0 Å². The number of nitrogens with zero attached hydrogens (tertiary/aromatic N) is 2. The van der Waals surface area contributed by atoms with Crippen molar-refractivity contribution in [3.63, 3.8) is 0 Å². The molecular formula is C9H17N3O. The Labute approximate surface area is 78.9 Å². The van der Waals surface area contributed by atoms with E-state index >= 15 is 0 Å². The summed E-state index contributed by atoms with van der Waals surface area (Å²) in [6.07, 6.45) is 0. The number of piperazine rings is 1. The molecule has 2 amide bonds. The number of urea groups is 1. The van der Waals surface area contributed by atoms with Crippen molar-refractivity contribution >= 4 is 6.03 Å². The van der Waals surface area contributed by atoms with Gasteiger partial charge < -0.3 is 15.1 Å². The summed E-state index contributed by atoms with van der Waals surface area (Å²) < 4.78 is 0. The zero-order chi connectivity index (χ0) is 9.42. The first-order valence-electron chi connectivity index (χ1n) is 4.98. The van der Waals surface area contributed by atoms with Crippen LogP contribution in [0.4, 0.5) is 4.79 Å². The van der Waals surface area contributed by atoms with Crippen LogP contribution in [0.3, 0.4) is 0 Å². The summed E-state index contributed by atoms with van der Waals surface area (Å²) in [7, 11) is 0. The van der Waals surface area contributed by atoms with Gasteiger partial charge in [-0.25, -0.2) is 4.79 Å². The summed E-state index contributed by atoms with van der Waals surface area (Å²) >= 11 is 0. The van der Waals surface area contributed by atoms with Crippen LogP contribution >= 0.6 is 0 Å². The molecule has 0 bridgehead atoms. The van der Waals surface area contributed by atoms with Gasteiger partial charge in [-0.15, -0.1) is 0 Å². The normalized spacial score (nSPS) is 28.5.